The number of rotatable bonds is 5. The molecule has 0 aliphatic heterocycles. The van der Waals surface area contributed by atoms with Crippen LogP contribution in [0.3, 0.4) is 0 Å². The zero-order chi connectivity index (χ0) is 13.0. The summed E-state index contributed by atoms with van der Waals surface area (Å²) in [6.07, 6.45) is 8.82. The van der Waals surface area contributed by atoms with E-state index >= 15 is 0 Å². The van der Waals surface area contributed by atoms with E-state index in [2.05, 4.69) is 0 Å². The van der Waals surface area contributed by atoms with Gasteiger partial charge in [0.05, 0.1) is 0 Å². The summed E-state index contributed by atoms with van der Waals surface area (Å²) in [4.78, 5) is 0. The fourth-order valence-electron chi connectivity index (χ4n) is 3.02. The van der Waals surface area contributed by atoms with E-state index < -0.39 is 0 Å². The van der Waals surface area contributed by atoms with Gasteiger partial charge in [0, 0.05) is 6.04 Å². The van der Waals surface area contributed by atoms with Crippen molar-refractivity contribution in [2.24, 2.45) is 11.7 Å². The van der Waals surface area contributed by atoms with E-state index in [1.54, 1.807) is 6.07 Å². The summed E-state index contributed by atoms with van der Waals surface area (Å²) in [5.74, 6) is 0.751. The zero-order valence-electron chi connectivity index (χ0n) is 11.3. The Hall–Kier alpha value is -0.890. The smallest absolute Gasteiger partial charge is 0.123 e. The van der Waals surface area contributed by atoms with Crippen LogP contribution in [-0.4, -0.2) is 6.04 Å². The average molecular weight is 249 g/mol. The molecule has 2 heteroatoms. The molecule has 0 heterocycles. The van der Waals surface area contributed by atoms with Gasteiger partial charge in [0.1, 0.15) is 5.82 Å². The topological polar surface area (TPSA) is 26.0 Å². The van der Waals surface area contributed by atoms with Crippen LogP contribution in [0.1, 0.15) is 49.7 Å². The Bertz CT molecular complexity index is 383. The highest BCUT2D eigenvalue weighted by atomic mass is 19.1. The fraction of sp³-hybridized carbons (Fsp3) is 0.625. The normalized spacial score (nSPS) is 18.2. The highest BCUT2D eigenvalue weighted by molar-refractivity contribution is 5.27. The first kappa shape index (κ1) is 13.5. The molecule has 0 aromatic heterocycles. The lowest BCUT2D eigenvalue weighted by molar-refractivity contribution is 0.447. The molecule has 100 valence electrons. The number of halogens is 1. The summed E-state index contributed by atoms with van der Waals surface area (Å²) in [7, 11) is 0. The highest BCUT2D eigenvalue weighted by Gasteiger charge is 2.16. The minimum Gasteiger partial charge on any atom is -0.327 e. The largest absolute Gasteiger partial charge is 0.327 e. The number of hydrogen-bond donors (Lipinski definition) is 1. The molecule has 0 spiro atoms. The molecule has 1 atom stereocenters. The van der Waals surface area contributed by atoms with Crippen molar-refractivity contribution in [1.29, 1.82) is 0 Å². The van der Waals surface area contributed by atoms with Crippen molar-refractivity contribution in [3.8, 4) is 0 Å². The van der Waals surface area contributed by atoms with Crippen molar-refractivity contribution in [1.82, 2.24) is 0 Å². The van der Waals surface area contributed by atoms with Crippen LogP contribution in [0, 0.1) is 18.7 Å². The van der Waals surface area contributed by atoms with E-state index in [4.69, 9.17) is 5.73 Å². The summed E-state index contributed by atoms with van der Waals surface area (Å²) in [6, 6.07) is 5.22. The Kier molecular flexibility index (Phi) is 4.76. The van der Waals surface area contributed by atoms with E-state index in [1.165, 1.54) is 43.7 Å². The van der Waals surface area contributed by atoms with Gasteiger partial charge in [-0.05, 0) is 55.4 Å². The van der Waals surface area contributed by atoms with E-state index in [9.17, 15) is 4.39 Å². The fourth-order valence-corrected chi connectivity index (χ4v) is 3.02. The van der Waals surface area contributed by atoms with Crippen LogP contribution in [0.25, 0.3) is 0 Å². The maximum atomic E-state index is 13.0. The van der Waals surface area contributed by atoms with Crippen LogP contribution in [0.15, 0.2) is 18.2 Å². The number of benzene rings is 1. The first-order valence-corrected chi connectivity index (χ1v) is 7.16. The first-order chi connectivity index (χ1) is 8.65. The molecular formula is C16H24FN. The molecule has 0 amide bonds. The average Bonchev–Trinajstić information content (AvgIpc) is 2.83. The highest BCUT2D eigenvalue weighted by Crippen LogP contribution is 2.29. The van der Waals surface area contributed by atoms with Gasteiger partial charge in [-0.1, -0.05) is 31.7 Å². The van der Waals surface area contributed by atoms with E-state index in [0.29, 0.717) is 0 Å². The molecule has 1 fully saturated rings. The van der Waals surface area contributed by atoms with Crippen molar-refractivity contribution in [2.45, 2.75) is 57.9 Å². The summed E-state index contributed by atoms with van der Waals surface area (Å²) < 4.78 is 13.0. The van der Waals surface area contributed by atoms with Gasteiger partial charge in [-0.3, -0.25) is 0 Å². The van der Waals surface area contributed by atoms with Crippen LogP contribution in [0.2, 0.25) is 0 Å². The van der Waals surface area contributed by atoms with Crippen molar-refractivity contribution in [3.05, 3.63) is 35.1 Å². The number of aryl methyl sites for hydroxylation is 1. The molecule has 1 saturated carbocycles. The van der Waals surface area contributed by atoms with Gasteiger partial charge >= 0.3 is 0 Å². The second kappa shape index (κ2) is 6.33. The lowest BCUT2D eigenvalue weighted by atomic mass is 9.94. The van der Waals surface area contributed by atoms with E-state index in [1.807, 2.05) is 13.0 Å². The van der Waals surface area contributed by atoms with Gasteiger partial charge in [0.2, 0.25) is 0 Å². The third-order valence-corrected chi connectivity index (χ3v) is 4.21. The number of hydrogen-bond acceptors (Lipinski definition) is 1. The molecule has 0 radical (unpaired) electrons. The van der Waals surface area contributed by atoms with Crippen LogP contribution in [0.5, 0.6) is 0 Å². The van der Waals surface area contributed by atoms with E-state index in [0.717, 1.165) is 24.3 Å². The zero-order valence-corrected chi connectivity index (χ0v) is 11.3. The van der Waals surface area contributed by atoms with Crippen LogP contribution >= 0.6 is 0 Å². The molecular weight excluding hydrogens is 225 g/mol. The van der Waals surface area contributed by atoms with Gasteiger partial charge < -0.3 is 5.73 Å². The molecule has 1 aliphatic rings. The minimum atomic E-state index is -0.157. The van der Waals surface area contributed by atoms with Gasteiger partial charge in [-0.25, -0.2) is 4.39 Å². The third kappa shape index (κ3) is 3.81. The predicted octanol–water partition coefficient (Wildman–Crippen LogP) is 3.97. The van der Waals surface area contributed by atoms with Crippen molar-refractivity contribution in [2.75, 3.05) is 0 Å². The Morgan fingerprint density at radius 1 is 1.33 bits per heavy atom. The standard InChI is InChI=1S/C16H24FN/c1-12-10-15(17)8-7-14(12)11-16(18)9-6-13-4-2-3-5-13/h7-8,10,13,16H,2-6,9,11,18H2,1H3. The molecule has 0 bridgehead atoms. The summed E-state index contributed by atoms with van der Waals surface area (Å²) in [5, 5.41) is 0. The molecule has 1 nitrogen and oxygen atoms in total. The summed E-state index contributed by atoms with van der Waals surface area (Å²) in [5.41, 5.74) is 8.41. The van der Waals surface area contributed by atoms with Gasteiger partial charge in [0.15, 0.2) is 0 Å². The minimum absolute atomic E-state index is 0.157. The third-order valence-electron chi connectivity index (χ3n) is 4.21. The second-order valence-electron chi connectivity index (χ2n) is 5.76. The van der Waals surface area contributed by atoms with Crippen molar-refractivity contribution in [3.63, 3.8) is 0 Å². The van der Waals surface area contributed by atoms with Crippen molar-refractivity contribution >= 4 is 0 Å². The molecule has 1 aliphatic carbocycles. The van der Waals surface area contributed by atoms with Crippen LogP contribution in [0.4, 0.5) is 4.39 Å². The monoisotopic (exact) mass is 249 g/mol. The summed E-state index contributed by atoms with van der Waals surface area (Å²) >= 11 is 0. The molecule has 2 N–H and O–H groups in total. The SMILES string of the molecule is Cc1cc(F)ccc1CC(N)CCC1CCCC1. The molecule has 0 saturated heterocycles. The van der Waals surface area contributed by atoms with E-state index in [-0.39, 0.29) is 11.9 Å². The summed E-state index contributed by atoms with van der Waals surface area (Å²) in [6.45, 7) is 1.96. The number of nitrogens with two attached hydrogens (primary N) is 1. The molecule has 1 aromatic carbocycles. The molecule has 1 unspecified atom stereocenters. The maximum Gasteiger partial charge on any atom is 0.123 e. The van der Waals surface area contributed by atoms with Crippen molar-refractivity contribution < 1.29 is 4.39 Å². The Morgan fingerprint density at radius 3 is 2.72 bits per heavy atom. The van der Waals surface area contributed by atoms with Gasteiger partial charge in [0.25, 0.3) is 0 Å². The molecule has 1 aromatic rings. The predicted molar refractivity (Wildman–Crippen MR) is 74.0 cm³/mol. The first-order valence-electron chi connectivity index (χ1n) is 7.16. The maximum absolute atomic E-state index is 13.0. The van der Waals surface area contributed by atoms with Crippen LogP contribution in [-0.2, 0) is 6.42 Å². The van der Waals surface area contributed by atoms with Gasteiger partial charge in [-0.2, -0.15) is 0 Å². The Balaban J connectivity index is 1.80. The molecule has 18 heavy (non-hydrogen) atoms. The molecule has 2 rings (SSSR count). The second-order valence-corrected chi connectivity index (χ2v) is 5.76. The lowest BCUT2D eigenvalue weighted by Crippen LogP contribution is -2.24. The Morgan fingerprint density at radius 2 is 2.06 bits per heavy atom. The van der Waals surface area contributed by atoms with Gasteiger partial charge in [-0.15, -0.1) is 0 Å². The quantitative estimate of drug-likeness (QED) is 0.839. The lowest BCUT2D eigenvalue weighted by Gasteiger charge is -2.16. The van der Waals surface area contributed by atoms with Crippen LogP contribution < -0.4 is 5.73 Å². The Labute approximate surface area is 110 Å².